The van der Waals surface area contributed by atoms with E-state index in [1.807, 2.05) is 27.7 Å². The number of hydrogen-bond donors (Lipinski definition) is 0. The summed E-state index contributed by atoms with van der Waals surface area (Å²) in [6.45, 7) is 2.86. The summed E-state index contributed by atoms with van der Waals surface area (Å²) >= 11 is 0. The Labute approximate surface area is 166 Å². The van der Waals surface area contributed by atoms with Crippen molar-refractivity contribution in [2.75, 3.05) is 0 Å². The van der Waals surface area contributed by atoms with E-state index >= 15 is 0 Å². The third kappa shape index (κ3) is 4.97. The van der Waals surface area contributed by atoms with Crippen LogP contribution in [0.15, 0.2) is 24.3 Å². The van der Waals surface area contributed by atoms with Crippen LogP contribution in [-0.4, -0.2) is 24.3 Å². The van der Waals surface area contributed by atoms with Crippen molar-refractivity contribution in [3.8, 4) is 5.75 Å². The van der Waals surface area contributed by atoms with Crippen molar-refractivity contribution >= 4 is 12.4 Å². The Morgan fingerprint density at radius 3 is 2.00 bits per heavy atom. The average Bonchev–Trinajstić information content (AvgIpc) is 2.46. The van der Waals surface area contributed by atoms with Crippen LogP contribution in [-0.2, 0) is 4.74 Å². The minimum atomic E-state index is -4.96. The average molecular weight is 326 g/mol. The van der Waals surface area contributed by atoms with E-state index < -0.39 is 18.0 Å². The van der Waals surface area contributed by atoms with Gasteiger partial charge in [-0.2, -0.15) is 0 Å². The molecule has 112 valence electrons. The summed E-state index contributed by atoms with van der Waals surface area (Å²) < 4.78 is 49.4. The van der Waals surface area contributed by atoms with E-state index in [0.29, 0.717) is 12.2 Å². The van der Waals surface area contributed by atoms with Crippen LogP contribution in [0, 0.1) is 0 Å². The van der Waals surface area contributed by atoms with Crippen LogP contribution < -0.4 is 61.6 Å². The second-order valence-corrected chi connectivity index (χ2v) is 6.42. The van der Waals surface area contributed by atoms with Gasteiger partial charge in [0.15, 0.2) is 0 Å². The van der Waals surface area contributed by atoms with Gasteiger partial charge < -0.3 is 22.4 Å². The van der Waals surface area contributed by atoms with Crippen molar-refractivity contribution in [3.63, 3.8) is 0 Å². The van der Waals surface area contributed by atoms with E-state index in [-0.39, 0.29) is 63.1 Å². The number of hydrogen-bond acceptors (Lipinski definition) is 2. The first kappa shape index (κ1) is 19.5. The van der Waals surface area contributed by atoms with Crippen molar-refractivity contribution in [1.29, 1.82) is 0 Å². The molecule has 1 aliphatic rings. The molecule has 1 unspecified atom stereocenters. The molecular formula is C14H19BF3KO2. The van der Waals surface area contributed by atoms with Gasteiger partial charge in [-0.1, -0.05) is 12.1 Å². The predicted octanol–water partition coefficient (Wildman–Crippen LogP) is 0.470. The van der Waals surface area contributed by atoms with Gasteiger partial charge in [0.2, 0.25) is 0 Å². The van der Waals surface area contributed by atoms with E-state index in [9.17, 15) is 12.9 Å². The second kappa shape index (κ2) is 6.53. The van der Waals surface area contributed by atoms with Crippen molar-refractivity contribution in [1.82, 2.24) is 0 Å². The van der Waals surface area contributed by atoms with E-state index in [2.05, 4.69) is 0 Å². The van der Waals surface area contributed by atoms with Gasteiger partial charge in [-0.15, -0.1) is 5.46 Å². The van der Waals surface area contributed by atoms with Crippen LogP contribution in [0.4, 0.5) is 12.9 Å². The molecule has 0 N–H and O–H groups in total. The first-order chi connectivity index (χ1) is 9.00. The standard InChI is InChI=1S/C14H19BF3O2.K/c1-13(2)9-12(14(3,4)20-13)19-11-7-5-10(6-8-11)15(16,17)18;/h5-8,12H,9H2,1-4H3;/q-1;+1. The Morgan fingerprint density at radius 2 is 1.62 bits per heavy atom. The van der Waals surface area contributed by atoms with Gasteiger partial charge in [0.25, 0.3) is 0 Å². The summed E-state index contributed by atoms with van der Waals surface area (Å²) in [5.41, 5.74) is -1.36. The molecular weight excluding hydrogens is 307 g/mol. The quantitative estimate of drug-likeness (QED) is 0.752. The second-order valence-electron chi connectivity index (χ2n) is 6.42. The molecule has 0 saturated carbocycles. The maximum atomic E-state index is 12.6. The largest absolute Gasteiger partial charge is 1.00 e. The Morgan fingerprint density at radius 1 is 1.10 bits per heavy atom. The molecule has 7 heteroatoms. The molecule has 1 aromatic rings. The minimum absolute atomic E-state index is 0. The minimum Gasteiger partial charge on any atom is -0.487 e. The van der Waals surface area contributed by atoms with Gasteiger partial charge in [0.1, 0.15) is 17.5 Å². The normalized spacial score (nSPS) is 23.5. The molecule has 1 fully saturated rings. The molecule has 0 amide bonds. The van der Waals surface area contributed by atoms with Crippen LogP contribution in [0.3, 0.4) is 0 Å². The molecule has 1 saturated heterocycles. The molecule has 0 radical (unpaired) electrons. The van der Waals surface area contributed by atoms with Gasteiger partial charge >= 0.3 is 58.4 Å². The van der Waals surface area contributed by atoms with Crippen molar-refractivity contribution < 1.29 is 73.8 Å². The summed E-state index contributed by atoms with van der Waals surface area (Å²) in [4.78, 5) is 0. The van der Waals surface area contributed by atoms with Crippen molar-refractivity contribution in [2.24, 2.45) is 0 Å². The zero-order valence-electron chi connectivity index (χ0n) is 13.1. The fraction of sp³-hybridized carbons (Fsp3) is 0.571. The Hall–Kier alpha value is 0.471. The number of halogens is 3. The Kier molecular flexibility index (Phi) is 6.07. The van der Waals surface area contributed by atoms with E-state index in [1.54, 1.807) is 0 Å². The molecule has 1 aromatic carbocycles. The first-order valence-electron chi connectivity index (χ1n) is 6.66. The zero-order chi connectivity index (χ0) is 15.2. The summed E-state index contributed by atoms with van der Waals surface area (Å²) in [5.74, 6) is 0.438. The molecule has 1 heterocycles. The maximum absolute atomic E-state index is 12.6. The van der Waals surface area contributed by atoms with Crippen molar-refractivity contribution in [3.05, 3.63) is 24.3 Å². The number of rotatable bonds is 3. The smallest absolute Gasteiger partial charge is 0.487 e. The fourth-order valence-corrected chi connectivity index (χ4v) is 2.62. The van der Waals surface area contributed by atoms with E-state index in [0.717, 1.165) is 12.1 Å². The Balaban J connectivity index is 0.00000220. The third-order valence-corrected chi connectivity index (χ3v) is 3.53. The molecule has 2 nitrogen and oxygen atoms in total. The SMILES string of the molecule is CC1(C)CC(Oc2ccc([B-](F)(F)F)cc2)C(C)(C)O1.[K+]. The molecule has 0 spiro atoms. The molecule has 1 aliphatic heterocycles. The van der Waals surface area contributed by atoms with Crippen LogP contribution in [0.5, 0.6) is 5.75 Å². The molecule has 21 heavy (non-hydrogen) atoms. The van der Waals surface area contributed by atoms with Crippen LogP contribution in [0.2, 0.25) is 0 Å². The number of benzene rings is 1. The molecule has 2 rings (SSSR count). The summed E-state index contributed by atoms with van der Waals surface area (Å²) in [6, 6.07) is 4.85. The topological polar surface area (TPSA) is 18.5 Å². The molecule has 0 aromatic heterocycles. The maximum Gasteiger partial charge on any atom is 1.00 e. The van der Waals surface area contributed by atoms with Crippen LogP contribution in [0.25, 0.3) is 0 Å². The van der Waals surface area contributed by atoms with Gasteiger partial charge in [-0.05, 0) is 39.8 Å². The number of ether oxygens (including phenoxy) is 2. The van der Waals surface area contributed by atoms with E-state index in [4.69, 9.17) is 9.47 Å². The summed E-state index contributed by atoms with van der Waals surface area (Å²) in [6.07, 6.45) is 0.519. The first-order valence-corrected chi connectivity index (χ1v) is 6.66. The molecule has 1 atom stereocenters. The van der Waals surface area contributed by atoms with Crippen LogP contribution >= 0.6 is 0 Å². The monoisotopic (exact) mass is 326 g/mol. The van der Waals surface area contributed by atoms with Gasteiger partial charge in [-0.25, -0.2) is 0 Å². The Bertz CT molecular complexity index is 486. The van der Waals surface area contributed by atoms with Gasteiger partial charge in [0.05, 0.1) is 5.60 Å². The molecule has 0 bridgehead atoms. The molecule has 0 aliphatic carbocycles. The van der Waals surface area contributed by atoms with Crippen LogP contribution in [0.1, 0.15) is 34.1 Å². The van der Waals surface area contributed by atoms with Gasteiger partial charge in [0, 0.05) is 6.42 Å². The predicted molar refractivity (Wildman–Crippen MR) is 73.4 cm³/mol. The third-order valence-electron chi connectivity index (χ3n) is 3.53. The van der Waals surface area contributed by atoms with Crippen molar-refractivity contribution in [2.45, 2.75) is 51.4 Å². The summed E-state index contributed by atoms with van der Waals surface area (Å²) in [7, 11) is 0. The fourth-order valence-electron chi connectivity index (χ4n) is 2.62. The summed E-state index contributed by atoms with van der Waals surface area (Å²) in [5, 5.41) is 0. The van der Waals surface area contributed by atoms with Gasteiger partial charge in [-0.3, -0.25) is 0 Å². The zero-order valence-corrected chi connectivity index (χ0v) is 16.2. The van der Waals surface area contributed by atoms with E-state index in [1.165, 1.54) is 12.1 Å².